The van der Waals surface area contributed by atoms with Crippen molar-refractivity contribution in [2.45, 2.75) is 37.5 Å². The predicted octanol–water partition coefficient (Wildman–Crippen LogP) is 3.27. The van der Waals surface area contributed by atoms with E-state index in [0.717, 1.165) is 37.4 Å². The zero-order valence-electron chi connectivity index (χ0n) is 12.4. The first-order valence-corrected chi connectivity index (χ1v) is 8.09. The van der Waals surface area contributed by atoms with Gasteiger partial charge >= 0.3 is 5.97 Å². The molecule has 1 aliphatic rings. The van der Waals surface area contributed by atoms with E-state index in [1.54, 1.807) is 24.3 Å². The third-order valence-corrected chi connectivity index (χ3v) is 4.56. The lowest BCUT2D eigenvalue weighted by Crippen LogP contribution is -2.34. The van der Waals surface area contributed by atoms with Crippen LogP contribution in [0, 0.1) is 22.5 Å². The summed E-state index contributed by atoms with van der Waals surface area (Å²) in [6.07, 6.45) is 3.69. The third kappa shape index (κ3) is 4.25. The fraction of sp³-hybridized carbons (Fsp3) is 0.438. The topological polar surface area (TPSA) is 79.2 Å². The van der Waals surface area contributed by atoms with E-state index in [0.29, 0.717) is 10.8 Å². The number of hydrogen-bond acceptors (Lipinski definition) is 5. The maximum absolute atomic E-state index is 12.0. The highest BCUT2D eigenvalue weighted by Crippen LogP contribution is 2.28. The third-order valence-electron chi connectivity index (χ3n) is 3.89. The second kappa shape index (κ2) is 7.85. The van der Waals surface area contributed by atoms with Gasteiger partial charge in [0.25, 0.3) is 5.91 Å². The Bertz CT molecular complexity index is 589. The summed E-state index contributed by atoms with van der Waals surface area (Å²) in [7, 11) is 0. The van der Waals surface area contributed by atoms with Crippen LogP contribution < -0.4 is 5.48 Å². The molecule has 5 nitrogen and oxygen atoms in total. The summed E-state index contributed by atoms with van der Waals surface area (Å²) in [5, 5.41) is 10.6. The maximum atomic E-state index is 12.0. The molecule has 0 aromatic heterocycles. The predicted molar refractivity (Wildman–Crippen MR) is 82.6 cm³/mol. The van der Waals surface area contributed by atoms with Gasteiger partial charge in [0.05, 0.1) is 5.56 Å². The molecule has 1 fully saturated rings. The molecule has 0 unspecified atom stereocenters. The van der Waals surface area contributed by atoms with Crippen LogP contribution in [0.3, 0.4) is 0 Å². The van der Waals surface area contributed by atoms with E-state index < -0.39 is 5.97 Å². The highest BCUT2D eigenvalue weighted by atomic mass is 32.2. The summed E-state index contributed by atoms with van der Waals surface area (Å²) in [5.74, 6) is -0.337. The number of hydroxylamine groups is 1. The van der Waals surface area contributed by atoms with Crippen molar-refractivity contribution in [2.75, 3.05) is 0 Å². The number of carbonyl (C=O) groups excluding carboxylic acids is 2. The summed E-state index contributed by atoms with van der Waals surface area (Å²) in [4.78, 5) is 29.4. The molecule has 0 saturated heterocycles. The first-order valence-electron chi connectivity index (χ1n) is 7.27. The van der Waals surface area contributed by atoms with Gasteiger partial charge in [-0.25, -0.2) is 4.79 Å². The van der Waals surface area contributed by atoms with Gasteiger partial charge in [-0.15, -0.1) is 0 Å². The molecular formula is C16H18N2O3S. The van der Waals surface area contributed by atoms with Gasteiger partial charge in [0, 0.05) is 10.8 Å². The minimum atomic E-state index is -0.657. The van der Waals surface area contributed by atoms with Crippen molar-refractivity contribution < 1.29 is 14.4 Å². The van der Waals surface area contributed by atoms with E-state index in [-0.39, 0.29) is 17.4 Å². The highest BCUT2D eigenvalue weighted by molar-refractivity contribution is 8.03. The van der Waals surface area contributed by atoms with E-state index >= 15 is 0 Å². The van der Waals surface area contributed by atoms with Crippen LogP contribution >= 0.6 is 11.8 Å². The van der Waals surface area contributed by atoms with Crippen molar-refractivity contribution in [1.82, 2.24) is 5.48 Å². The van der Waals surface area contributed by atoms with E-state index in [9.17, 15) is 9.59 Å². The van der Waals surface area contributed by atoms with Crippen molar-refractivity contribution in [1.29, 1.82) is 5.26 Å². The maximum Gasteiger partial charge on any atom is 0.364 e. The Hall–Kier alpha value is -2.00. The Labute approximate surface area is 134 Å². The van der Waals surface area contributed by atoms with Crippen LogP contribution in [0.5, 0.6) is 0 Å². The number of nitrogens with zero attached hydrogens (tertiary/aromatic N) is 1. The smallest absolute Gasteiger partial charge is 0.335 e. The zero-order valence-corrected chi connectivity index (χ0v) is 13.2. The van der Waals surface area contributed by atoms with Gasteiger partial charge in [-0.05, 0) is 55.5 Å². The summed E-state index contributed by atoms with van der Waals surface area (Å²) in [6, 6.07) is 6.64. The van der Waals surface area contributed by atoms with Crippen LogP contribution in [0.2, 0.25) is 0 Å². The lowest BCUT2D eigenvalue weighted by Gasteiger charge is -2.24. The molecule has 22 heavy (non-hydrogen) atoms. The lowest BCUT2D eigenvalue weighted by atomic mass is 9.83. The molecule has 1 aromatic carbocycles. The average Bonchev–Trinajstić information content (AvgIpc) is 2.54. The van der Waals surface area contributed by atoms with Crippen LogP contribution in [0.1, 0.15) is 43.0 Å². The summed E-state index contributed by atoms with van der Waals surface area (Å²) >= 11 is 0.885. The molecule has 0 bridgehead atoms. The minimum Gasteiger partial charge on any atom is -0.335 e. The van der Waals surface area contributed by atoms with Crippen molar-refractivity contribution in [3.05, 3.63) is 29.8 Å². The number of nitrogens with one attached hydrogen (secondary N) is 1. The van der Waals surface area contributed by atoms with Crippen LogP contribution in [0.25, 0.3) is 0 Å². The summed E-state index contributed by atoms with van der Waals surface area (Å²) in [6.45, 7) is 2.18. The molecule has 0 radical (unpaired) electrons. The molecule has 1 amide bonds. The van der Waals surface area contributed by atoms with Crippen molar-refractivity contribution in [3.63, 3.8) is 0 Å². The van der Waals surface area contributed by atoms with Gasteiger partial charge in [0.1, 0.15) is 5.40 Å². The lowest BCUT2D eigenvalue weighted by molar-refractivity contribution is -0.135. The van der Waals surface area contributed by atoms with Gasteiger partial charge in [-0.3, -0.25) is 4.79 Å². The Morgan fingerprint density at radius 2 is 1.95 bits per heavy atom. The van der Waals surface area contributed by atoms with E-state index in [2.05, 4.69) is 12.4 Å². The van der Waals surface area contributed by atoms with Gasteiger partial charge < -0.3 is 4.84 Å². The monoisotopic (exact) mass is 318 g/mol. The number of benzene rings is 1. The quantitative estimate of drug-likeness (QED) is 0.525. The Kier molecular flexibility index (Phi) is 5.84. The Morgan fingerprint density at radius 1 is 1.27 bits per heavy atom. The molecule has 2 rings (SSSR count). The normalized spacial score (nSPS) is 20.7. The van der Waals surface area contributed by atoms with Crippen molar-refractivity contribution >= 4 is 23.6 Å². The largest absolute Gasteiger partial charge is 0.364 e. The number of rotatable bonds is 3. The van der Waals surface area contributed by atoms with Crippen LogP contribution in [-0.4, -0.2) is 11.9 Å². The molecule has 1 N–H and O–H groups in total. The fourth-order valence-corrected chi connectivity index (χ4v) is 3.04. The van der Waals surface area contributed by atoms with Gasteiger partial charge in [0.2, 0.25) is 0 Å². The van der Waals surface area contributed by atoms with Crippen LogP contribution in [0.15, 0.2) is 29.2 Å². The Morgan fingerprint density at radius 3 is 2.64 bits per heavy atom. The number of nitriles is 1. The molecule has 6 heteroatoms. The number of carbonyl (C=O) groups is 2. The highest BCUT2D eigenvalue weighted by Gasteiger charge is 2.25. The summed E-state index contributed by atoms with van der Waals surface area (Å²) < 4.78 is 0. The zero-order chi connectivity index (χ0) is 15.9. The first-order chi connectivity index (χ1) is 10.6. The van der Waals surface area contributed by atoms with Crippen LogP contribution in [-0.2, 0) is 9.63 Å². The summed E-state index contributed by atoms with van der Waals surface area (Å²) in [5.41, 5.74) is 2.52. The second-order valence-electron chi connectivity index (χ2n) is 5.50. The average molecular weight is 318 g/mol. The number of thioether (sulfide) groups is 1. The molecule has 0 spiro atoms. The number of thiocyanates is 1. The fourth-order valence-electron chi connectivity index (χ4n) is 2.53. The van der Waals surface area contributed by atoms with E-state index in [4.69, 9.17) is 10.1 Å². The van der Waals surface area contributed by atoms with Crippen molar-refractivity contribution in [3.8, 4) is 5.40 Å². The number of amides is 1. The van der Waals surface area contributed by atoms with E-state index in [1.165, 1.54) is 0 Å². The SMILES string of the molecule is CC1CCC(C(=O)NOC(=O)c2ccccc2SC#N)CC1. The van der Waals surface area contributed by atoms with Gasteiger partial charge in [-0.2, -0.15) is 10.7 Å². The van der Waals surface area contributed by atoms with Gasteiger partial charge in [-0.1, -0.05) is 19.1 Å². The molecule has 116 valence electrons. The second-order valence-corrected chi connectivity index (χ2v) is 6.33. The number of hydrogen-bond donors (Lipinski definition) is 1. The van der Waals surface area contributed by atoms with E-state index in [1.807, 2.05) is 5.40 Å². The molecule has 1 aromatic rings. The standard InChI is InChI=1S/C16H18N2O3S/c1-11-6-8-12(9-7-11)15(19)18-21-16(20)13-4-2-3-5-14(13)22-10-17/h2-5,11-12H,6-9H2,1H3,(H,18,19). The Balaban J connectivity index is 1.90. The van der Waals surface area contributed by atoms with Gasteiger partial charge in [0.15, 0.2) is 0 Å². The molecule has 0 heterocycles. The molecule has 0 aliphatic heterocycles. The minimum absolute atomic E-state index is 0.0901. The van der Waals surface area contributed by atoms with Crippen molar-refractivity contribution in [2.24, 2.45) is 11.8 Å². The molecule has 1 aliphatic carbocycles. The molecule has 0 atom stereocenters. The molecular weight excluding hydrogens is 300 g/mol. The van der Waals surface area contributed by atoms with Crippen LogP contribution in [0.4, 0.5) is 0 Å². The molecule has 1 saturated carbocycles. The first kappa shape index (κ1) is 16.4.